The Bertz CT molecular complexity index is 202. The molecule has 1 fully saturated rings. The number of hydrogen-bond acceptors (Lipinski definition) is 3. The molecule has 4 heteroatoms. The predicted molar refractivity (Wildman–Crippen MR) is 76.9 cm³/mol. The molecular weight excluding hydrogens is 280 g/mol. The third-order valence-electron chi connectivity index (χ3n) is 3.49. The van der Waals surface area contributed by atoms with Crippen LogP contribution in [-0.4, -0.2) is 54.7 Å². The molecule has 0 radical (unpaired) electrons. The quantitative estimate of drug-likeness (QED) is 0.730. The van der Waals surface area contributed by atoms with Crippen molar-refractivity contribution in [2.45, 2.75) is 51.8 Å². The fourth-order valence-electron chi connectivity index (χ4n) is 2.22. The number of hydrogen-bond donors (Lipinski definition) is 1. The molecule has 0 saturated carbocycles. The molecule has 2 atom stereocenters. The number of alkyl halides is 1. The third kappa shape index (κ3) is 5.69. The van der Waals surface area contributed by atoms with E-state index >= 15 is 0 Å². The molecule has 1 saturated heterocycles. The summed E-state index contributed by atoms with van der Waals surface area (Å²) in [7, 11) is 0. The fourth-order valence-corrected chi connectivity index (χ4v) is 2.77. The Morgan fingerprint density at radius 2 is 2.24 bits per heavy atom. The van der Waals surface area contributed by atoms with Crippen LogP contribution in [0.4, 0.5) is 0 Å². The molecule has 102 valence electrons. The monoisotopic (exact) mass is 306 g/mol. The first-order chi connectivity index (χ1) is 8.17. The summed E-state index contributed by atoms with van der Waals surface area (Å²) in [5, 5.41) is 4.69. The minimum Gasteiger partial charge on any atom is -0.374 e. The van der Waals surface area contributed by atoms with E-state index in [4.69, 9.17) is 4.74 Å². The predicted octanol–water partition coefficient (Wildman–Crippen LogP) is 2.25. The van der Waals surface area contributed by atoms with E-state index in [2.05, 4.69) is 46.9 Å². The molecule has 0 aromatic rings. The Kier molecular flexibility index (Phi) is 7.67. The van der Waals surface area contributed by atoms with Gasteiger partial charge in [0.15, 0.2) is 0 Å². The van der Waals surface area contributed by atoms with Gasteiger partial charge in [-0.2, -0.15) is 0 Å². The van der Waals surface area contributed by atoms with Gasteiger partial charge in [-0.15, -0.1) is 0 Å². The van der Waals surface area contributed by atoms with E-state index < -0.39 is 0 Å². The molecule has 2 unspecified atom stereocenters. The molecule has 1 aliphatic rings. The van der Waals surface area contributed by atoms with E-state index in [9.17, 15) is 0 Å². The second-order valence-corrected chi connectivity index (χ2v) is 5.87. The summed E-state index contributed by atoms with van der Waals surface area (Å²) in [5.41, 5.74) is 0. The van der Waals surface area contributed by atoms with E-state index in [-0.39, 0.29) is 0 Å². The van der Waals surface area contributed by atoms with Crippen LogP contribution in [0.25, 0.3) is 0 Å². The van der Waals surface area contributed by atoms with Crippen molar-refractivity contribution < 1.29 is 4.74 Å². The molecule has 0 amide bonds. The van der Waals surface area contributed by atoms with Crippen molar-refractivity contribution in [3.05, 3.63) is 0 Å². The van der Waals surface area contributed by atoms with Gasteiger partial charge in [0.25, 0.3) is 0 Å². The standard InChI is InChI=1S/C13H27BrN2O/c1-4-12(5-6-14)15-9-13-10-16(11(2)3)7-8-17-13/h11-13,15H,4-10H2,1-3H3. The maximum absolute atomic E-state index is 5.82. The molecule has 3 nitrogen and oxygen atoms in total. The van der Waals surface area contributed by atoms with Gasteiger partial charge >= 0.3 is 0 Å². The van der Waals surface area contributed by atoms with Crippen molar-refractivity contribution in [2.24, 2.45) is 0 Å². The van der Waals surface area contributed by atoms with E-state index in [0.29, 0.717) is 18.2 Å². The van der Waals surface area contributed by atoms with Gasteiger partial charge in [0.1, 0.15) is 0 Å². The van der Waals surface area contributed by atoms with Gasteiger partial charge in [-0.1, -0.05) is 22.9 Å². The van der Waals surface area contributed by atoms with Crippen LogP contribution in [0.2, 0.25) is 0 Å². The zero-order valence-corrected chi connectivity index (χ0v) is 13.0. The summed E-state index contributed by atoms with van der Waals surface area (Å²) in [4.78, 5) is 2.50. The van der Waals surface area contributed by atoms with Crippen LogP contribution in [-0.2, 0) is 4.74 Å². The third-order valence-corrected chi connectivity index (χ3v) is 3.94. The Morgan fingerprint density at radius 1 is 1.47 bits per heavy atom. The largest absolute Gasteiger partial charge is 0.374 e. The lowest BCUT2D eigenvalue weighted by atomic mass is 10.1. The maximum Gasteiger partial charge on any atom is 0.0826 e. The smallest absolute Gasteiger partial charge is 0.0826 e. The molecule has 0 aliphatic carbocycles. The van der Waals surface area contributed by atoms with Crippen LogP contribution in [0.1, 0.15) is 33.6 Å². The highest BCUT2D eigenvalue weighted by Gasteiger charge is 2.22. The molecular formula is C13H27BrN2O. The zero-order chi connectivity index (χ0) is 12.7. The Balaban J connectivity index is 2.26. The van der Waals surface area contributed by atoms with E-state index in [1.807, 2.05) is 0 Å². The highest BCUT2D eigenvalue weighted by Crippen LogP contribution is 2.09. The van der Waals surface area contributed by atoms with E-state index in [1.54, 1.807) is 0 Å². The molecule has 1 N–H and O–H groups in total. The average Bonchev–Trinajstić information content (AvgIpc) is 2.34. The first kappa shape index (κ1) is 15.4. The number of halogens is 1. The zero-order valence-electron chi connectivity index (χ0n) is 11.4. The number of nitrogens with zero attached hydrogens (tertiary/aromatic N) is 1. The summed E-state index contributed by atoms with van der Waals surface area (Å²) in [6.07, 6.45) is 2.74. The van der Waals surface area contributed by atoms with Gasteiger partial charge in [0, 0.05) is 37.0 Å². The molecule has 1 heterocycles. The molecule has 17 heavy (non-hydrogen) atoms. The Morgan fingerprint density at radius 3 is 2.82 bits per heavy atom. The summed E-state index contributed by atoms with van der Waals surface area (Å²) in [6, 6.07) is 1.25. The fraction of sp³-hybridized carbons (Fsp3) is 1.00. The van der Waals surface area contributed by atoms with Crippen LogP contribution in [0.3, 0.4) is 0 Å². The SMILES string of the molecule is CCC(CCBr)NCC1CN(C(C)C)CCO1. The number of nitrogens with one attached hydrogen (secondary N) is 1. The number of morpholine rings is 1. The van der Waals surface area contributed by atoms with Crippen LogP contribution >= 0.6 is 15.9 Å². The number of rotatable bonds is 7. The van der Waals surface area contributed by atoms with Crippen molar-refractivity contribution in [1.29, 1.82) is 0 Å². The van der Waals surface area contributed by atoms with Gasteiger partial charge in [-0.3, -0.25) is 4.90 Å². The topological polar surface area (TPSA) is 24.5 Å². The molecule has 1 rings (SSSR count). The van der Waals surface area contributed by atoms with E-state index in [1.165, 1.54) is 12.8 Å². The van der Waals surface area contributed by atoms with Crippen molar-refractivity contribution in [2.75, 3.05) is 31.6 Å². The average molecular weight is 307 g/mol. The number of ether oxygens (including phenoxy) is 1. The summed E-state index contributed by atoms with van der Waals surface area (Å²) < 4.78 is 5.82. The maximum atomic E-state index is 5.82. The Hall–Kier alpha value is 0.360. The molecule has 0 aromatic heterocycles. The lowest BCUT2D eigenvalue weighted by Crippen LogP contribution is -2.50. The Labute approximate surface area is 114 Å². The first-order valence-corrected chi connectivity index (χ1v) is 7.94. The first-order valence-electron chi connectivity index (χ1n) is 6.82. The van der Waals surface area contributed by atoms with Crippen LogP contribution < -0.4 is 5.32 Å². The molecule has 1 aliphatic heterocycles. The van der Waals surface area contributed by atoms with Crippen molar-refractivity contribution in [3.8, 4) is 0 Å². The van der Waals surface area contributed by atoms with Gasteiger partial charge in [-0.05, 0) is 26.7 Å². The second-order valence-electron chi connectivity index (χ2n) is 5.07. The lowest BCUT2D eigenvalue weighted by Gasteiger charge is -2.36. The summed E-state index contributed by atoms with van der Waals surface area (Å²) >= 11 is 3.51. The van der Waals surface area contributed by atoms with Crippen molar-refractivity contribution in [1.82, 2.24) is 10.2 Å². The van der Waals surface area contributed by atoms with Crippen LogP contribution in [0.15, 0.2) is 0 Å². The van der Waals surface area contributed by atoms with Crippen LogP contribution in [0.5, 0.6) is 0 Å². The second kappa shape index (κ2) is 8.46. The highest BCUT2D eigenvalue weighted by atomic mass is 79.9. The highest BCUT2D eigenvalue weighted by molar-refractivity contribution is 9.09. The van der Waals surface area contributed by atoms with Gasteiger partial charge in [-0.25, -0.2) is 0 Å². The van der Waals surface area contributed by atoms with Crippen LogP contribution in [0, 0.1) is 0 Å². The normalized spacial score (nSPS) is 24.2. The van der Waals surface area contributed by atoms with E-state index in [0.717, 1.165) is 31.6 Å². The van der Waals surface area contributed by atoms with Crippen molar-refractivity contribution >= 4 is 15.9 Å². The summed E-state index contributed by atoms with van der Waals surface area (Å²) in [5.74, 6) is 0. The van der Waals surface area contributed by atoms with Gasteiger partial charge in [0.05, 0.1) is 12.7 Å². The lowest BCUT2D eigenvalue weighted by molar-refractivity contribution is -0.0381. The molecule has 0 aromatic carbocycles. The molecule has 0 spiro atoms. The van der Waals surface area contributed by atoms with Gasteiger partial charge < -0.3 is 10.1 Å². The van der Waals surface area contributed by atoms with Gasteiger partial charge in [0.2, 0.25) is 0 Å². The molecule has 0 bridgehead atoms. The minimum atomic E-state index is 0.357. The van der Waals surface area contributed by atoms with Crippen molar-refractivity contribution in [3.63, 3.8) is 0 Å². The minimum absolute atomic E-state index is 0.357. The summed E-state index contributed by atoms with van der Waals surface area (Å²) in [6.45, 7) is 10.8.